The van der Waals surface area contributed by atoms with E-state index >= 15 is 0 Å². The molecule has 1 saturated heterocycles. The summed E-state index contributed by atoms with van der Waals surface area (Å²) in [4.78, 5) is 10.2. The minimum absolute atomic E-state index is 0.244. The fourth-order valence-electron chi connectivity index (χ4n) is 1.12. The van der Waals surface area contributed by atoms with E-state index in [1.807, 2.05) is 13.8 Å². The Balaban J connectivity index is 2.45. The largest absolute Gasteiger partial charge is 0.310 e. The molecule has 0 aliphatic carbocycles. The van der Waals surface area contributed by atoms with Crippen LogP contribution < -0.4 is 5.32 Å². The summed E-state index contributed by atoms with van der Waals surface area (Å²) in [6.45, 7) is 5.61. The van der Waals surface area contributed by atoms with E-state index in [0.29, 0.717) is 6.04 Å². The van der Waals surface area contributed by atoms with Gasteiger partial charge in [0.1, 0.15) is 0 Å². The van der Waals surface area contributed by atoms with Gasteiger partial charge in [-0.25, -0.2) is 0 Å². The standard InChI is InChI=1S/C6H13N3O/c1-5-4-9(8-10)6(2)3-7-5/h5-7H,3-4H2,1-2H3. The molecule has 0 aromatic rings. The molecule has 2 unspecified atom stereocenters. The van der Waals surface area contributed by atoms with Crippen molar-refractivity contribution in [3.05, 3.63) is 4.91 Å². The first-order valence-electron chi connectivity index (χ1n) is 3.57. The van der Waals surface area contributed by atoms with Crippen molar-refractivity contribution < 1.29 is 0 Å². The maximum absolute atomic E-state index is 10.2. The Kier molecular flexibility index (Phi) is 2.21. The molecule has 1 aliphatic heterocycles. The monoisotopic (exact) mass is 143 g/mol. The summed E-state index contributed by atoms with van der Waals surface area (Å²) in [6, 6.07) is 0.627. The third-order valence-corrected chi connectivity index (χ3v) is 1.84. The fourth-order valence-corrected chi connectivity index (χ4v) is 1.12. The normalized spacial score (nSPS) is 34.0. The van der Waals surface area contributed by atoms with Crippen molar-refractivity contribution in [1.82, 2.24) is 10.3 Å². The smallest absolute Gasteiger partial charge is 0.0599 e. The molecule has 10 heavy (non-hydrogen) atoms. The highest BCUT2D eigenvalue weighted by atomic mass is 16.3. The van der Waals surface area contributed by atoms with E-state index in [1.165, 1.54) is 0 Å². The van der Waals surface area contributed by atoms with Gasteiger partial charge in [-0.2, -0.15) is 0 Å². The first-order chi connectivity index (χ1) is 4.74. The van der Waals surface area contributed by atoms with Crippen LogP contribution in [-0.2, 0) is 0 Å². The Bertz CT molecular complexity index is 128. The lowest BCUT2D eigenvalue weighted by Crippen LogP contribution is -2.51. The first-order valence-corrected chi connectivity index (χ1v) is 3.57. The Morgan fingerprint density at radius 2 is 2.30 bits per heavy atom. The van der Waals surface area contributed by atoms with E-state index in [2.05, 4.69) is 10.6 Å². The lowest BCUT2D eigenvalue weighted by atomic mass is 10.2. The maximum atomic E-state index is 10.2. The van der Waals surface area contributed by atoms with Gasteiger partial charge >= 0.3 is 0 Å². The molecule has 0 aromatic heterocycles. The molecule has 0 amide bonds. The van der Waals surface area contributed by atoms with Crippen LogP contribution in [0, 0.1) is 4.91 Å². The molecule has 4 heteroatoms. The number of nitroso groups, excluding NO2 is 1. The van der Waals surface area contributed by atoms with Gasteiger partial charge in [-0.15, -0.1) is 4.91 Å². The summed E-state index contributed by atoms with van der Waals surface area (Å²) < 4.78 is 0. The van der Waals surface area contributed by atoms with Gasteiger partial charge in [0.05, 0.1) is 17.9 Å². The highest BCUT2D eigenvalue weighted by molar-refractivity contribution is 4.78. The van der Waals surface area contributed by atoms with E-state index in [4.69, 9.17) is 0 Å². The third-order valence-electron chi connectivity index (χ3n) is 1.84. The van der Waals surface area contributed by atoms with E-state index in [9.17, 15) is 4.91 Å². The number of rotatable bonds is 1. The van der Waals surface area contributed by atoms with E-state index in [0.717, 1.165) is 13.1 Å². The molecule has 58 valence electrons. The Morgan fingerprint density at radius 1 is 1.60 bits per heavy atom. The van der Waals surface area contributed by atoms with Gasteiger partial charge < -0.3 is 5.32 Å². The number of nitrogens with zero attached hydrogens (tertiary/aromatic N) is 2. The summed E-state index contributed by atoms with van der Waals surface area (Å²) >= 11 is 0. The molecule has 4 nitrogen and oxygen atoms in total. The molecular weight excluding hydrogens is 130 g/mol. The van der Waals surface area contributed by atoms with E-state index in [1.54, 1.807) is 5.01 Å². The van der Waals surface area contributed by atoms with Crippen LogP contribution >= 0.6 is 0 Å². The summed E-state index contributed by atoms with van der Waals surface area (Å²) in [5.74, 6) is 0. The molecule has 0 saturated carbocycles. The van der Waals surface area contributed by atoms with Gasteiger partial charge in [0.2, 0.25) is 0 Å². The molecule has 1 N–H and O–H groups in total. The van der Waals surface area contributed by atoms with Crippen molar-refractivity contribution in [3.8, 4) is 0 Å². The SMILES string of the molecule is CC1CN(N=O)C(C)CN1. The summed E-state index contributed by atoms with van der Waals surface area (Å²) in [6.07, 6.45) is 0. The molecule has 0 spiro atoms. The van der Waals surface area contributed by atoms with Crippen molar-refractivity contribution >= 4 is 0 Å². The zero-order valence-corrected chi connectivity index (χ0v) is 6.37. The van der Waals surface area contributed by atoms with Crippen LogP contribution in [0.15, 0.2) is 5.29 Å². The zero-order chi connectivity index (χ0) is 7.56. The lowest BCUT2D eigenvalue weighted by Gasteiger charge is -2.32. The van der Waals surface area contributed by atoms with Crippen LogP contribution in [0.5, 0.6) is 0 Å². The first kappa shape index (κ1) is 7.47. The molecule has 1 aliphatic rings. The Morgan fingerprint density at radius 3 is 2.80 bits per heavy atom. The van der Waals surface area contributed by atoms with Crippen molar-refractivity contribution in [2.24, 2.45) is 5.29 Å². The second-order valence-corrected chi connectivity index (χ2v) is 2.86. The van der Waals surface area contributed by atoms with Gasteiger partial charge in [-0.3, -0.25) is 5.01 Å². The zero-order valence-electron chi connectivity index (χ0n) is 6.37. The third kappa shape index (κ3) is 1.44. The average molecular weight is 143 g/mol. The number of hydrogen-bond donors (Lipinski definition) is 1. The van der Waals surface area contributed by atoms with Crippen LogP contribution in [0.4, 0.5) is 0 Å². The summed E-state index contributed by atoms with van der Waals surface area (Å²) in [7, 11) is 0. The Hall–Kier alpha value is -0.640. The van der Waals surface area contributed by atoms with Gasteiger partial charge in [-0.05, 0) is 13.8 Å². The van der Waals surface area contributed by atoms with E-state index in [-0.39, 0.29) is 6.04 Å². The minimum atomic E-state index is 0.244. The van der Waals surface area contributed by atoms with Crippen LogP contribution in [0.3, 0.4) is 0 Å². The Labute approximate surface area is 60.5 Å². The predicted molar refractivity (Wildman–Crippen MR) is 39.4 cm³/mol. The van der Waals surface area contributed by atoms with Gasteiger partial charge in [0, 0.05) is 12.6 Å². The van der Waals surface area contributed by atoms with Crippen LogP contribution in [0.25, 0.3) is 0 Å². The second kappa shape index (κ2) is 2.96. The number of hydrogen-bond acceptors (Lipinski definition) is 3. The maximum Gasteiger partial charge on any atom is 0.0599 e. The second-order valence-electron chi connectivity index (χ2n) is 2.86. The predicted octanol–water partition coefficient (Wildman–Crippen LogP) is 0.350. The molecule has 0 aromatic carbocycles. The summed E-state index contributed by atoms with van der Waals surface area (Å²) in [5.41, 5.74) is 0. The van der Waals surface area contributed by atoms with Crippen molar-refractivity contribution in [3.63, 3.8) is 0 Å². The number of piperazine rings is 1. The van der Waals surface area contributed by atoms with Gasteiger partial charge in [0.15, 0.2) is 0 Å². The lowest BCUT2D eigenvalue weighted by molar-refractivity contribution is 0.150. The average Bonchev–Trinajstić information content (AvgIpc) is 1.94. The molecule has 1 fully saturated rings. The van der Waals surface area contributed by atoms with Crippen LogP contribution in [0.1, 0.15) is 13.8 Å². The molecular formula is C6H13N3O. The van der Waals surface area contributed by atoms with E-state index < -0.39 is 0 Å². The molecule has 0 bridgehead atoms. The van der Waals surface area contributed by atoms with Crippen LogP contribution in [-0.4, -0.2) is 30.2 Å². The van der Waals surface area contributed by atoms with Crippen molar-refractivity contribution in [2.45, 2.75) is 25.9 Å². The van der Waals surface area contributed by atoms with Gasteiger partial charge in [-0.1, -0.05) is 0 Å². The topological polar surface area (TPSA) is 44.7 Å². The number of nitrogens with one attached hydrogen (secondary N) is 1. The highest BCUT2D eigenvalue weighted by Gasteiger charge is 2.21. The molecule has 2 atom stereocenters. The van der Waals surface area contributed by atoms with Crippen molar-refractivity contribution in [2.75, 3.05) is 13.1 Å². The van der Waals surface area contributed by atoms with Crippen molar-refractivity contribution in [1.29, 1.82) is 0 Å². The van der Waals surface area contributed by atoms with Crippen LogP contribution in [0.2, 0.25) is 0 Å². The minimum Gasteiger partial charge on any atom is -0.310 e. The molecule has 1 heterocycles. The summed E-state index contributed by atoms with van der Waals surface area (Å²) in [5, 5.41) is 7.76. The highest BCUT2D eigenvalue weighted by Crippen LogP contribution is 2.05. The van der Waals surface area contributed by atoms with Gasteiger partial charge in [0.25, 0.3) is 0 Å². The molecule has 0 radical (unpaired) electrons. The quantitative estimate of drug-likeness (QED) is 0.539. The molecule has 1 rings (SSSR count). The fraction of sp³-hybridized carbons (Fsp3) is 1.00.